The lowest BCUT2D eigenvalue weighted by Gasteiger charge is -2.52. The molecule has 4 aliphatic rings. The number of benzene rings is 2. The number of unbranched alkanes of at least 4 members (excludes halogenated alkanes) is 6. The van der Waals surface area contributed by atoms with Crippen molar-refractivity contribution >= 4 is 5.57 Å². The van der Waals surface area contributed by atoms with Crippen LogP contribution in [0.1, 0.15) is 94.6 Å². The van der Waals surface area contributed by atoms with E-state index >= 15 is 0 Å². The Morgan fingerprint density at radius 2 is 1.20 bits per heavy atom. The van der Waals surface area contributed by atoms with E-state index in [1.165, 1.54) is 61.6 Å². The summed E-state index contributed by atoms with van der Waals surface area (Å²) >= 11 is 0. The minimum atomic E-state index is 0.590. The zero-order chi connectivity index (χ0) is 27.6. The molecular formula is C35H46N3O2. The zero-order valence-electron chi connectivity index (χ0n) is 24.1. The maximum Gasteiger partial charge on any atom is 0.119 e. The first-order valence-electron chi connectivity index (χ1n) is 15.8. The normalized spacial score (nSPS) is 22.7. The van der Waals surface area contributed by atoms with E-state index in [4.69, 9.17) is 15.0 Å². The third kappa shape index (κ3) is 7.43. The predicted molar refractivity (Wildman–Crippen MR) is 163 cm³/mol. The molecule has 1 radical (unpaired) electrons. The van der Waals surface area contributed by atoms with E-state index in [1.54, 1.807) is 5.57 Å². The van der Waals surface area contributed by atoms with Gasteiger partial charge in [0, 0.05) is 11.5 Å². The molecule has 0 unspecified atom stereocenters. The number of rotatable bonds is 16. The van der Waals surface area contributed by atoms with E-state index in [0.29, 0.717) is 6.54 Å². The van der Waals surface area contributed by atoms with Gasteiger partial charge in [0.1, 0.15) is 11.5 Å². The second kappa shape index (κ2) is 14.6. The van der Waals surface area contributed by atoms with Gasteiger partial charge in [-0.2, -0.15) is 0 Å². The molecule has 2 aromatic rings. The number of hydrogen-bond donors (Lipinski definition) is 0. The lowest BCUT2D eigenvalue weighted by Crippen LogP contribution is -2.40. The number of ether oxygens (including phenoxy) is 2. The first-order chi connectivity index (χ1) is 19.7. The van der Waals surface area contributed by atoms with E-state index in [-0.39, 0.29) is 0 Å². The number of azide groups is 1. The van der Waals surface area contributed by atoms with Gasteiger partial charge in [-0.05, 0) is 122 Å². The van der Waals surface area contributed by atoms with E-state index in [0.717, 1.165) is 86.9 Å². The lowest BCUT2D eigenvalue weighted by atomic mass is 9.53. The fraction of sp³-hybridized carbons (Fsp3) is 0.571. The Kier molecular flexibility index (Phi) is 10.5. The van der Waals surface area contributed by atoms with Gasteiger partial charge in [0.25, 0.3) is 0 Å². The van der Waals surface area contributed by atoms with Gasteiger partial charge in [0.05, 0.1) is 13.2 Å². The van der Waals surface area contributed by atoms with E-state index < -0.39 is 0 Å². The first-order valence-corrected chi connectivity index (χ1v) is 15.8. The summed E-state index contributed by atoms with van der Waals surface area (Å²) < 4.78 is 12.1. The largest absolute Gasteiger partial charge is 0.494 e. The van der Waals surface area contributed by atoms with Crippen LogP contribution in [0.25, 0.3) is 16.0 Å². The Bertz CT molecular complexity index is 1120. The minimum absolute atomic E-state index is 0.590. The fourth-order valence-electron chi connectivity index (χ4n) is 7.55. The maximum absolute atomic E-state index is 8.37. The maximum atomic E-state index is 8.37. The zero-order valence-corrected chi connectivity index (χ0v) is 24.1. The van der Waals surface area contributed by atoms with E-state index in [2.05, 4.69) is 65.5 Å². The van der Waals surface area contributed by atoms with Gasteiger partial charge in [-0.1, -0.05) is 74.0 Å². The van der Waals surface area contributed by atoms with Crippen LogP contribution in [0, 0.1) is 30.6 Å². The van der Waals surface area contributed by atoms with Crippen molar-refractivity contribution in [1.29, 1.82) is 0 Å². The standard InChI is InChI=1S/C35H46N3O2/c1-2-3-4-8-19-39-32-14-10-28(11-15-32)34(35-30-22-26-21-27(24-30)25-31(35)23-26)29-12-16-33(17-13-29)40-20-9-6-5-7-18-37-38-36/h10-17,26-27,30-31H,1-9,18-25H2. The topological polar surface area (TPSA) is 67.2 Å². The Morgan fingerprint density at radius 3 is 1.70 bits per heavy atom. The molecule has 4 saturated carbocycles. The Morgan fingerprint density at radius 1 is 0.700 bits per heavy atom. The monoisotopic (exact) mass is 540 g/mol. The van der Waals surface area contributed by atoms with Crippen molar-refractivity contribution in [3.63, 3.8) is 0 Å². The van der Waals surface area contributed by atoms with Crippen molar-refractivity contribution < 1.29 is 9.47 Å². The van der Waals surface area contributed by atoms with Crippen molar-refractivity contribution in [1.82, 2.24) is 0 Å². The molecule has 0 heterocycles. The molecule has 0 spiro atoms. The molecule has 4 aliphatic carbocycles. The highest BCUT2D eigenvalue weighted by atomic mass is 16.5. The molecule has 0 aromatic heterocycles. The van der Waals surface area contributed by atoms with Crippen LogP contribution in [0.5, 0.6) is 11.5 Å². The number of nitrogens with zero attached hydrogens (tertiary/aromatic N) is 3. The highest BCUT2D eigenvalue weighted by Crippen LogP contribution is 2.58. The molecule has 5 heteroatoms. The fourth-order valence-corrected chi connectivity index (χ4v) is 7.55. The molecule has 5 nitrogen and oxygen atoms in total. The highest BCUT2D eigenvalue weighted by Gasteiger charge is 2.46. The molecule has 6 rings (SSSR count). The van der Waals surface area contributed by atoms with Crippen LogP contribution < -0.4 is 9.47 Å². The average Bonchev–Trinajstić information content (AvgIpc) is 2.97. The Hall–Kier alpha value is -2.91. The van der Waals surface area contributed by atoms with Gasteiger partial charge in [0.2, 0.25) is 0 Å². The third-order valence-electron chi connectivity index (χ3n) is 9.24. The van der Waals surface area contributed by atoms with Gasteiger partial charge in [-0.3, -0.25) is 0 Å². The summed E-state index contributed by atoms with van der Waals surface area (Å²) in [6.07, 6.45) is 15.6. The molecule has 4 fully saturated rings. The predicted octanol–water partition coefficient (Wildman–Crippen LogP) is 9.97. The molecule has 213 valence electrons. The number of allylic oxidation sites excluding steroid dienone is 1. The summed E-state index contributed by atoms with van der Waals surface area (Å²) in [5, 5.41) is 3.60. The van der Waals surface area contributed by atoms with Crippen LogP contribution in [0.4, 0.5) is 0 Å². The van der Waals surface area contributed by atoms with Crippen molar-refractivity contribution in [2.24, 2.45) is 28.8 Å². The van der Waals surface area contributed by atoms with Crippen molar-refractivity contribution in [2.75, 3.05) is 19.8 Å². The molecule has 0 N–H and O–H groups in total. The third-order valence-corrected chi connectivity index (χ3v) is 9.24. The molecule has 4 bridgehead atoms. The van der Waals surface area contributed by atoms with Crippen molar-refractivity contribution in [3.8, 4) is 11.5 Å². The second-order valence-electron chi connectivity index (χ2n) is 12.2. The summed E-state index contributed by atoms with van der Waals surface area (Å²) in [5.74, 6) is 5.28. The Labute approximate surface area is 241 Å². The van der Waals surface area contributed by atoms with E-state index in [9.17, 15) is 0 Å². The molecule has 0 aliphatic heterocycles. The van der Waals surface area contributed by atoms with Crippen LogP contribution in [0.2, 0.25) is 0 Å². The molecule has 0 saturated heterocycles. The van der Waals surface area contributed by atoms with Crippen molar-refractivity contribution in [3.05, 3.63) is 82.6 Å². The number of hydrogen-bond acceptors (Lipinski definition) is 3. The first kappa shape index (κ1) is 28.6. The van der Waals surface area contributed by atoms with Gasteiger partial charge in [-0.25, -0.2) is 0 Å². The van der Waals surface area contributed by atoms with Crippen molar-refractivity contribution in [2.45, 2.75) is 83.5 Å². The quantitative estimate of drug-likeness (QED) is 0.0920. The Balaban J connectivity index is 1.28. The van der Waals surface area contributed by atoms with Crippen LogP contribution in [0.3, 0.4) is 0 Å². The van der Waals surface area contributed by atoms with Crippen LogP contribution in [0.15, 0.2) is 59.2 Å². The summed E-state index contributed by atoms with van der Waals surface area (Å²) in [6, 6.07) is 17.7. The summed E-state index contributed by atoms with van der Waals surface area (Å²) in [6.45, 7) is 6.02. The molecular weight excluding hydrogens is 494 g/mol. The molecule has 2 aromatic carbocycles. The van der Waals surface area contributed by atoms with Crippen LogP contribution in [-0.2, 0) is 0 Å². The van der Waals surface area contributed by atoms with Gasteiger partial charge < -0.3 is 9.47 Å². The van der Waals surface area contributed by atoms with Gasteiger partial charge in [-0.15, -0.1) is 0 Å². The average molecular weight is 541 g/mol. The molecule has 0 atom stereocenters. The minimum Gasteiger partial charge on any atom is -0.494 e. The highest BCUT2D eigenvalue weighted by molar-refractivity contribution is 5.83. The van der Waals surface area contributed by atoms with Crippen LogP contribution in [-0.4, -0.2) is 19.8 Å². The summed E-state index contributed by atoms with van der Waals surface area (Å²) in [5.41, 5.74) is 14.2. The van der Waals surface area contributed by atoms with Gasteiger partial charge in [0.15, 0.2) is 0 Å². The lowest BCUT2D eigenvalue weighted by molar-refractivity contribution is 0.0705. The summed E-state index contributed by atoms with van der Waals surface area (Å²) in [7, 11) is 0. The molecule has 40 heavy (non-hydrogen) atoms. The molecule has 0 amide bonds. The smallest absolute Gasteiger partial charge is 0.119 e. The summed E-state index contributed by atoms with van der Waals surface area (Å²) in [4.78, 5) is 2.81. The second-order valence-corrected chi connectivity index (χ2v) is 12.2. The van der Waals surface area contributed by atoms with Crippen LogP contribution >= 0.6 is 0 Å². The van der Waals surface area contributed by atoms with E-state index in [1.807, 2.05) is 0 Å². The van der Waals surface area contributed by atoms with Gasteiger partial charge >= 0.3 is 0 Å². The SMILES string of the molecule is [CH2]CCCCCOc1ccc(C(=C2C3CC4CC(C3)CC2C4)c2ccc(OCCCCCCN=[N+]=[N-])cc2)cc1.